The van der Waals surface area contributed by atoms with Crippen LogP contribution in [0.4, 0.5) is 5.69 Å². The van der Waals surface area contributed by atoms with E-state index in [2.05, 4.69) is 49.5 Å². The number of thioether (sulfide) groups is 1. The Morgan fingerprint density at radius 2 is 2.00 bits per heavy atom. The maximum absolute atomic E-state index is 13.7. The fourth-order valence-corrected chi connectivity index (χ4v) is 5.92. The average Bonchev–Trinajstić information content (AvgIpc) is 2.83. The minimum absolute atomic E-state index is 0.0113. The van der Waals surface area contributed by atoms with Gasteiger partial charge in [0.25, 0.3) is 0 Å². The van der Waals surface area contributed by atoms with Crippen molar-refractivity contribution in [1.82, 2.24) is 5.32 Å². The van der Waals surface area contributed by atoms with E-state index in [0.29, 0.717) is 13.1 Å². The van der Waals surface area contributed by atoms with Gasteiger partial charge >= 0.3 is 0 Å². The summed E-state index contributed by atoms with van der Waals surface area (Å²) in [6.07, 6.45) is 8.05. The molecule has 4 rings (SSSR count). The van der Waals surface area contributed by atoms with Gasteiger partial charge in [0, 0.05) is 11.4 Å². The lowest BCUT2D eigenvalue weighted by molar-refractivity contribution is -0.128. The van der Waals surface area contributed by atoms with Crippen LogP contribution in [0.15, 0.2) is 59.0 Å². The van der Waals surface area contributed by atoms with Crippen molar-refractivity contribution < 1.29 is 9.59 Å². The minimum Gasteiger partial charge on any atom is -0.356 e. The maximum atomic E-state index is 13.7. The lowest BCUT2D eigenvalue weighted by atomic mass is 9.97. The third-order valence-corrected chi connectivity index (χ3v) is 8.21. The quantitative estimate of drug-likeness (QED) is 0.517. The van der Waals surface area contributed by atoms with E-state index in [-0.39, 0.29) is 11.8 Å². The van der Waals surface area contributed by atoms with E-state index in [1.54, 1.807) is 0 Å². The van der Waals surface area contributed by atoms with Crippen LogP contribution in [0.1, 0.15) is 55.7 Å². The van der Waals surface area contributed by atoms with E-state index in [4.69, 9.17) is 0 Å². The summed E-state index contributed by atoms with van der Waals surface area (Å²) in [7, 11) is 0. The molecule has 174 valence electrons. The highest BCUT2D eigenvalue weighted by atomic mass is 32.2. The Bertz CT molecular complexity index is 1060. The predicted octanol–water partition coefficient (Wildman–Crippen LogP) is 5.95. The Balaban J connectivity index is 1.49. The van der Waals surface area contributed by atoms with Crippen LogP contribution in [0, 0.1) is 19.8 Å². The van der Waals surface area contributed by atoms with Crippen molar-refractivity contribution in [2.75, 3.05) is 11.4 Å². The molecule has 2 amide bonds. The van der Waals surface area contributed by atoms with E-state index >= 15 is 0 Å². The summed E-state index contributed by atoms with van der Waals surface area (Å²) < 4.78 is 0. The van der Waals surface area contributed by atoms with Crippen LogP contribution in [0.2, 0.25) is 0 Å². The fraction of sp³-hybridized carbons (Fsp3) is 0.429. The van der Waals surface area contributed by atoms with Crippen molar-refractivity contribution in [2.45, 2.75) is 69.6 Å². The molecule has 0 saturated heterocycles. The van der Waals surface area contributed by atoms with Gasteiger partial charge in [-0.15, -0.1) is 11.8 Å². The van der Waals surface area contributed by atoms with Crippen molar-refractivity contribution in [3.05, 3.63) is 70.8 Å². The van der Waals surface area contributed by atoms with E-state index in [1.165, 1.54) is 41.3 Å². The molecule has 1 aliphatic heterocycles. The average molecular weight is 463 g/mol. The number of carbonyl (C=O) groups excluding carboxylic acids is 2. The lowest BCUT2D eigenvalue weighted by Crippen LogP contribution is -2.47. The topological polar surface area (TPSA) is 49.4 Å². The number of hydrogen-bond donors (Lipinski definition) is 1. The van der Waals surface area contributed by atoms with E-state index in [9.17, 15) is 9.59 Å². The van der Waals surface area contributed by atoms with Crippen molar-refractivity contribution in [1.29, 1.82) is 0 Å². The standard InChI is InChI=1S/C28H34N2O2S/c1-19-13-14-20(2)23(17-19)18-30-24-11-7-8-12-25(24)33-26(28(30)32)21(3)27(31)29-16-15-22-9-5-4-6-10-22/h7-9,11-14,17,21,26H,4-6,10,15-16,18H2,1-3H3,(H,29,31). The highest BCUT2D eigenvalue weighted by Gasteiger charge is 2.39. The zero-order valence-corrected chi connectivity index (χ0v) is 20.7. The maximum Gasteiger partial charge on any atom is 0.241 e. The van der Waals surface area contributed by atoms with Crippen LogP contribution in [0.25, 0.3) is 0 Å². The number of fused-ring (bicyclic) bond motifs is 1. The van der Waals surface area contributed by atoms with Gasteiger partial charge < -0.3 is 10.2 Å². The number of rotatable bonds is 7. The summed E-state index contributed by atoms with van der Waals surface area (Å²) in [5.74, 6) is -0.433. The number of aryl methyl sites for hydroxylation is 2. The molecule has 2 aromatic rings. The highest BCUT2D eigenvalue weighted by Crippen LogP contribution is 2.42. The van der Waals surface area contributed by atoms with Crippen LogP contribution >= 0.6 is 11.8 Å². The first-order valence-corrected chi connectivity index (χ1v) is 12.9. The third-order valence-electron chi connectivity index (χ3n) is 6.75. The second kappa shape index (κ2) is 10.6. The molecule has 0 spiro atoms. The van der Waals surface area contributed by atoms with Gasteiger partial charge in [-0.3, -0.25) is 9.59 Å². The molecule has 1 heterocycles. The number of nitrogens with zero attached hydrogens (tertiary/aromatic N) is 1. The van der Waals surface area contributed by atoms with Gasteiger partial charge in [-0.25, -0.2) is 0 Å². The monoisotopic (exact) mass is 462 g/mol. The first kappa shape index (κ1) is 23.6. The van der Waals surface area contributed by atoms with E-state index in [0.717, 1.165) is 35.4 Å². The van der Waals surface area contributed by atoms with Crippen LogP contribution < -0.4 is 10.2 Å². The molecular weight excluding hydrogens is 428 g/mol. The molecule has 0 bridgehead atoms. The van der Waals surface area contributed by atoms with Gasteiger partial charge in [0.2, 0.25) is 11.8 Å². The molecule has 4 nitrogen and oxygen atoms in total. The van der Waals surface area contributed by atoms with Gasteiger partial charge in [-0.05, 0) is 69.2 Å². The number of anilines is 1. The Morgan fingerprint density at radius 3 is 2.79 bits per heavy atom. The Morgan fingerprint density at radius 1 is 1.18 bits per heavy atom. The summed E-state index contributed by atoms with van der Waals surface area (Å²) in [6, 6.07) is 14.4. The Kier molecular flexibility index (Phi) is 7.59. The van der Waals surface area contributed by atoms with Gasteiger partial charge in [0.15, 0.2) is 0 Å². The number of allylic oxidation sites excluding steroid dienone is 1. The van der Waals surface area contributed by atoms with Crippen LogP contribution in [0.3, 0.4) is 0 Å². The normalized spacial score (nSPS) is 19.0. The lowest BCUT2D eigenvalue weighted by Gasteiger charge is -2.36. The molecule has 2 aromatic carbocycles. The molecule has 1 aliphatic carbocycles. The van der Waals surface area contributed by atoms with Gasteiger partial charge in [-0.2, -0.15) is 0 Å². The van der Waals surface area contributed by atoms with Crippen molar-refractivity contribution >= 4 is 29.3 Å². The zero-order valence-electron chi connectivity index (χ0n) is 19.9. The van der Waals surface area contributed by atoms with Crippen LogP contribution in [-0.4, -0.2) is 23.6 Å². The fourth-order valence-electron chi connectivity index (χ4n) is 4.64. The number of hydrogen-bond acceptors (Lipinski definition) is 3. The number of para-hydroxylation sites is 1. The van der Waals surface area contributed by atoms with Gasteiger partial charge in [0.05, 0.1) is 18.2 Å². The molecule has 5 heteroatoms. The minimum atomic E-state index is -0.432. The summed E-state index contributed by atoms with van der Waals surface area (Å²) >= 11 is 1.52. The van der Waals surface area contributed by atoms with Crippen molar-refractivity contribution in [3.8, 4) is 0 Å². The molecular formula is C28H34N2O2S. The second-order valence-electron chi connectivity index (χ2n) is 9.30. The first-order chi connectivity index (χ1) is 15.9. The molecule has 0 aromatic heterocycles. The zero-order chi connectivity index (χ0) is 23.4. The van der Waals surface area contributed by atoms with Crippen molar-refractivity contribution in [2.24, 2.45) is 5.92 Å². The molecule has 2 aliphatic rings. The summed E-state index contributed by atoms with van der Waals surface area (Å²) in [5, 5.41) is 2.66. The smallest absolute Gasteiger partial charge is 0.241 e. The molecule has 2 unspecified atom stereocenters. The van der Waals surface area contributed by atoms with E-state index in [1.807, 2.05) is 30.0 Å². The molecule has 0 saturated carbocycles. The number of amides is 2. The Hall–Kier alpha value is -2.53. The summed E-state index contributed by atoms with van der Waals surface area (Å²) in [4.78, 5) is 29.6. The summed E-state index contributed by atoms with van der Waals surface area (Å²) in [6.45, 7) is 7.20. The molecule has 2 atom stereocenters. The first-order valence-electron chi connectivity index (χ1n) is 12.0. The number of benzene rings is 2. The number of carbonyl (C=O) groups is 2. The number of nitrogens with one attached hydrogen (secondary N) is 1. The van der Waals surface area contributed by atoms with Gasteiger partial charge in [0.1, 0.15) is 5.25 Å². The third kappa shape index (κ3) is 5.52. The predicted molar refractivity (Wildman–Crippen MR) is 137 cm³/mol. The van der Waals surface area contributed by atoms with Crippen LogP contribution in [0.5, 0.6) is 0 Å². The Labute approximate surface area is 201 Å². The molecule has 0 radical (unpaired) electrons. The SMILES string of the molecule is Cc1ccc(C)c(CN2C(=O)C(C(C)C(=O)NCCC3=CCCCC3)Sc3ccccc32)c1. The molecule has 1 N–H and O–H groups in total. The molecule has 33 heavy (non-hydrogen) atoms. The van der Waals surface area contributed by atoms with E-state index < -0.39 is 11.2 Å². The van der Waals surface area contributed by atoms with Crippen molar-refractivity contribution in [3.63, 3.8) is 0 Å². The summed E-state index contributed by atoms with van der Waals surface area (Å²) in [5.41, 5.74) is 5.87. The second-order valence-corrected chi connectivity index (χ2v) is 10.5. The van der Waals surface area contributed by atoms with Gasteiger partial charge in [-0.1, -0.05) is 54.5 Å². The molecule has 0 fully saturated rings. The largest absolute Gasteiger partial charge is 0.356 e. The van der Waals surface area contributed by atoms with Crippen LogP contribution in [-0.2, 0) is 16.1 Å². The highest BCUT2D eigenvalue weighted by molar-refractivity contribution is 8.01.